The lowest BCUT2D eigenvalue weighted by molar-refractivity contribution is -0.660. The molecule has 5 nitrogen and oxygen atoms in total. The van der Waals surface area contributed by atoms with Crippen LogP contribution in [0.2, 0.25) is 0 Å². The fraction of sp³-hybridized carbons (Fsp3) is 0.0909. The zero-order chi connectivity index (χ0) is 21.3. The normalized spacial score (nSPS) is 11.5. The third-order valence-corrected chi connectivity index (χ3v) is 4.68. The summed E-state index contributed by atoms with van der Waals surface area (Å²) in [6, 6.07) is 18.9. The van der Waals surface area contributed by atoms with E-state index in [2.05, 4.69) is 5.27 Å². The van der Waals surface area contributed by atoms with E-state index in [-0.39, 0.29) is 0 Å². The topological polar surface area (TPSA) is 59.1 Å². The number of nitrogens with zero attached hydrogens (tertiary/aromatic N) is 1. The van der Waals surface area contributed by atoms with E-state index in [1.54, 1.807) is 55.6 Å². The Labute approximate surface area is 168 Å². The molecule has 0 radical (unpaired) electrons. The second-order valence-corrected chi connectivity index (χ2v) is 6.52. The van der Waals surface area contributed by atoms with Crippen LogP contribution in [0.5, 0.6) is 5.75 Å². The first-order chi connectivity index (χ1) is 14.4. The molecule has 0 saturated carbocycles. The molecule has 0 aliphatic heterocycles. The van der Waals surface area contributed by atoms with Crippen molar-refractivity contribution < 1.29 is 27.1 Å². The SMILES string of the molecule is COc1ccc(-[n+]2[nH]oc(=O)c2-c2ccc(-c3ccc(C(F)(F)F)cc3)cc2)cc1. The van der Waals surface area contributed by atoms with E-state index in [1.807, 2.05) is 0 Å². The van der Waals surface area contributed by atoms with Gasteiger partial charge in [-0.05, 0) is 57.5 Å². The van der Waals surface area contributed by atoms with Crippen molar-refractivity contribution in [1.29, 1.82) is 0 Å². The first kappa shape index (κ1) is 19.5. The van der Waals surface area contributed by atoms with Crippen LogP contribution in [-0.4, -0.2) is 12.4 Å². The van der Waals surface area contributed by atoms with E-state index in [1.165, 1.54) is 16.8 Å². The first-order valence-corrected chi connectivity index (χ1v) is 8.93. The van der Waals surface area contributed by atoms with Crippen LogP contribution in [0.4, 0.5) is 13.2 Å². The maximum Gasteiger partial charge on any atom is 0.435 e. The molecule has 0 unspecified atom stereocenters. The van der Waals surface area contributed by atoms with Crippen molar-refractivity contribution in [3.63, 3.8) is 0 Å². The average Bonchev–Trinajstić information content (AvgIpc) is 3.15. The molecule has 0 bridgehead atoms. The molecule has 1 heterocycles. The fourth-order valence-electron chi connectivity index (χ4n) is 3.10. The number of rotatable bonds is 4. The minimum Gasteiger partial charge on any atom is -0.497 e. The summed E-state index contributed by atoms with van der Waals surface area (Å²) in [6.07, 6.45) is -4.38. The highest BCUT2D eigenvalue weighted by Crippen LogP contribution is 2.31. The van der Waals surface area contributed by atoms with Gasteiger partial charge in [-0.2, -0.15) is 13.2 Å². The van der Waals surface area contributed by atoms with Crippen LogP contribution in [0.25, 0.3) is 28.1 Å². The lowest BCUT2D eigenvalue weighted by Crippen LogP contribution is -2.36. The third-order valence-electron chi connectivity index (χ3n) is 4.68. The summed E-state index contributed by atoms with van der Waals surface area (Å²) in [6.45, 7) is 0. The van der Waals surface area contributed by atoms with Crippen LogP contribution < -0.4 is 15.0 Å². The van der Waals surface area contributed by atoms with E-state index in [4.69, 9.17) is 9.26 Å². The van der Waals surface area contributed by atoms with Crippen LogP contribution in [0.1, 0.15) is 5.56 Å². The fourth-order valence-corrected chi connectivity index (χ4v) is 3.10. The zero-order valence-electron chi connectivity index (χ0n) is 15.7. The molecule has 0 atom stereocenters. The average molecular weight is 413 g/mol. The highest BCUT2D eigenvalue weighted by molar-refractivity contribution is 5.68. The summed E-state index contributed by atoms with van der Waals surface area (Å²) in [5, 5.41) is 2.57. The molecular weight excluding hydrogens is 397 g/mol. The Bertz CT molecular complexity index is 1210. The summed E-state index contributed by atoms with van der Waals surface area (Å²) >= 11 is 0. The maximum absolute atomic E-state index is 12.7. The number of alkyl halides is 3. The van der Waals surface area contributed by atoms with Gasteiger partial charge in [0.25, 0.3) is 0 Å². The second kappa shape index (κ2) is 7.55. The predicted octanol–water partition coefficient (Wildman–Crippen LogP) is 4.61. The molecule has 152 valence electrons. The smallest absolute Gasteiger partial charge is 0.435 e. The van der Waals surface area contributed by atoms with Gasteiger partial charge in [0, 0.05) is 12.1 Å². The lowest BCUT2D eigenvalue weighted by atomic mass is 10.0. The number of benzene rings is 3. The third kappa shape index (κ3) is 3.71. The quantitative estimate of drug-likeness (QED) is 0.497. The van der Waals surface area contributed by atoms with Crippen LogP contribution in [0, 0.1) is 0 Å². The monoisotopic (exact) mass is 413 g/mol. The molecule has 0 amide bonds. The van der Waals surface area contributed by atoms with E-state index >= 15 is 0 Å². The van der Waals surface area contributed by atoms with Gasteiger partial charge in [-0.15, -0.1) is 0 Å². The number of nitrogens with one attached hydrogen (secondary N) is 1. The number of aromatic amines is 1. The molecule has 0 saturated heterocycles. The highest BCUT2D eigenvalue weighted by atomic mass is 19.4. The minimum atomic E-state index is -4.38. The number of aromatic nitrogens is 2. The van der Waals surface area contributed by atoms with Crippen LogP contribution in [0.15, 0.2) is 82.1 Å². The Morgan fingerprint density at radius 2 is 1.37 bits per heavy atom. The summed E-state index contributed by atoms with van der Waals surface area (Å²) in [5.41, 5.74) is 1.67. The van der Waals surface area contributed by atoms with Crippen molar-refractivity contribution >= 4 is 0 Å². The summed E-state index contributed by atoms with van der Waals surface area (Å²) in [4.78, 5) is 12.3. The summed E-state index contributed by atoms with van der Waals surface area (Å²) < 4.78 is 49.8. The number of H-pyrrole nitrogens is 1. The Kier molecular flexibility index (Phi) is 4.91. The minimum absolute atomic E-state index is 0.291. The second-order valence-electron chi connectivity index (χ2n) is 6.52. The summed E-state index contributed by atoms with van der Waals surface area (Å²) in [5.74, 6) is 0.674. The van der Waals surface area contributed by atoms with Crippen molar-refractivity contribution in [2.75, 3.05) is 7.11 Å². The molecule has 8 heteroatoms. The molecule has 1 aromatic heterocycles. The van der Waals surface area contributed by atoms with E-state index in [0.717, 1.165) is 17.7 Å². The molecular formula is C22H16F3N2O3+. The van der Waals surface area contributed by atoms with Gasteiger partial charge in [-0.25, -0.2) is 4.79 Å². The lowest BCUT2D eigenvalue weighted by Gasteiger charge is -2.08. The molecule has 0 fully saturated rings. The van der Waals surface area contributed by atoms with Crippen molar-refractivity contribution in [2.45, 2.75) is 6.18 Å². The maximum atomic E-state index is 12.7. The van der Waals surface area contributed by atoms with Gasteiger partial charge in [0.1, 0.15) is 5.75 Å². The number of ether oxygens (including phenoxy) is 1. The van der Waals surface area contributed by atoms with Gasteiger partial charge < -0.3 is 4.74 Å². The van der Waals surface area contributed by atoms with Crippen molar-refractivity contribution in [3.05, 3.63) is 88.8 Å². The Hall–Kier alpha value is -3.81. The van der Waals surface area contributed by atoms with Crippen LogP contribution in [0.3, 0.4) is 0 Å². The Balaban J connectivity index is 1.66. The Morgan fingerprint density at radius 1 is 0.833 bits per heavy atom. The first-order valence-electron chi connectivity index (χ1n) is 8.93. The van der Waals surface area contributed by atoms with Crippen molar-refractivity contribution in [2.24, 2.45) is 0 Å². The zero-order valence-corrected chi connectivity index (χ0v) is 15.7. The molecule has 3 aromatic carbocycles. The highest BCUT2D eigenvalue weighted by Gasteiger charge is 2.30. The predicted molar refractivity (Wildman–Crippen MR) is 103 cm³/mol. The molecule has 0 aliphatic carbocycles. The van der Waals surface area contributed by atoms with E-state index in [9.17, 15) is 18.0 Å². The number of hydrogen-bond acceptors (Lipinski definition) is 3. The van der Waals surface area contributed by atoms with Gasteiger partial charge in [0.15, 0.2) is 0 Å². The molecule has 0 spiro atoms. The number of methoxy groups -OCH3 is 1. The molecule has 4 aromatic rings. The molecule has 1 N–H and O–H groups in total. The largest absolute Gasteiger partial charge is 0.497 e. The molecule has 30 heavy (non-hydrogen) atoms. The van der Waals surface area contributed by atoms with Crippen molar-refractivity contribution in [3.8, 4) is 33.8 Å². The Morgan fingerprint density at radius 3 is 1.90 bits per heavy atom. The number of hydrogen-bond donors (Lipinski definition) is 1. The molecule has 0 aliphatic rings. The van der Waals surface area contributed by atoms with Gasteiger partial charge in [0.05, 0.1) is 18.2 Å². The van der Waals surface area contributed by atoms with Crippen LogP contribution in [-0.2, 0) is 6.18 Å². The van der Waals surface area contributed by atoms with Gasteiger partial charge in [-0.1, -0.05) is 24.3 Å². The summed E-state index contributed by atoms with van der Waals surface area (Å²) in [7, 11) is 1.56. The van der Waals surface area contributed by atoms with Gasteiger partial charge >= 0.3 is 17.5 Å². The van der Waals surface area contributed by atoms with Gasteiger partial charge in [-0.3, -0.25) is 4.52 Å². The number of halogens is 3. The standard InChI is InChI=1S/C22H15F3N2O3/c1-29-19-12-10-18(11-13-19)27-20(21(28)30-26-27)16-4-2-14(3-5-16)15-6-8-17(9-7-15)22(23,24)25/h2-13H,1H3/p+1. The van der Waals surface area contributed by atoms with Gasteiger partial charge in [0.2, 0.25) is 5.69 Å². The molecule has 4 rings (SSSR count). The van der Waals surface area contributed by atoms with Crippen molar-refractivity contribution in [1.82, 2.24) is 5.27 Å². The van der Waals surface area contributed by atoms with Crippen LogP contribution >= 0.6 is 0 Å². The van der Waals surface area contributed by atoms with E-state index in [0.29, 0.717) is 28.3 Å². The van der Waals surface area contributed by atoms with E-state index < -0.39 is 17.4 Å².